The van der Waals surface area contributed by atoms with Gasteiger partial charge >= 0.3 is 0 Å². The minimum Gasteiger partial charge on any atom is -0.360 e. The summed E-state index contributed by atoms with van der Waals surface area (Å²) >= 11 is 0. The van der Waals surface area contributed by atoms with Crippen LogP contribution in [0.15, 0.2) is 47.2 Å². The SMILES string of the molecule is CC(C)c1cc(C(=O)N2CCC3(C(=O)Nc4ccccc43)C2c2cnn(C)c2)no1. The zero-order valence-corrected chi connectivity index (χ0v) is 17.1. The summed E-state index contributed by atoms with van der Waals surface area (Å²) in [5.74, 6) is 0.462. The van der Waals surface area contributed by atoms with E-state index in [0.29, 0.717) is 18.7 Å². The smallest absolute Gasteiger partial charge is 0.276 e. The Kier molecular flexibility index (Phi) is 4.06. The van der Waals surface area contributed by atoms with E-state index in [2.05, 4.69) is 15.6 Å². The number of rotatable bonds is 3. The fraction of sp³-hybridized carbons (Fsp3) is 0.364. The van der Waals surface area contributed by atoms with Gasteiger partial charge in [-0.3, -0.25) is 14.3 Å². The van der Waals surface area contributed by atoms with Crippen molar-refractivity contribution in [1.82, 2.24) is 19.8 Å². The van der Waals surface area contributed by atoms with Crippen molar-refractivity contribution < 1.29 is 14.1 Å². The number of amides is 2. The van der Waals surface area contributed by atoms with Crippen LogP contribution in [0.3, 0.4) is 0 Å². The van der Waals surface area contributed by atoms with Crippen LogP contribution in [-0.2, 0) is 17.3 Å². The lowest BCUT2D eigenvalue weighted by Crippen LogP contribution is -2.42. The van der Waals surface area contributed by atoms with Gasteiger partial charge in [0.15, 0.2) is 5.69 Å². The van der Waals surface area contributed by atoms with Crippen LogP contribution in [-0.4, -0.2) is 38.2 Å². The predicted molar refractivity (Wildman–Crippen MR) is 109 cm³/mol. The highest BCUT2D eigenvalue weighted by Gasteiger charge is 2.59. The topological polar surface area (TPSA) is 93.3 Å². The predicted octanol–water partition coefficient (Wildman–Crippen LogP) is 3.01. The normalized spacial score (nSPS) is 22.7. The summed E-state index contributed by atoms with van der Waals surface area (Å²) in [5, 5.41) is 11.3. The molecule has 4 heterocycles. The highest BCUT2D eigenvalue weighted by molar-refractivity contribution is 6.08. The summed E-state index contributed by atoms with van der Waals surface area (Å²) in [5.41, 5.74) is 1.94. The minimum atomic E-state index is -0.861. The minimum absolute atomic E-state index is 0.0872. The van der Waals surface area contributed by atoms with E-state index >= 15 is 0 Å². The Balaban J connectivity index is 1.62. The summed E-state index contributed by atoms with van der Waals surface area (Å²) < 4.78 is 7.04. The summed E-state index contributed by atoms with van der Waals surface area (Å²) in [6, 6.07) is 8.91. The van der Waals surface area contributed by atoms with Crippen LogP contribution in [0.4, 0.5) is 5.69 Å². The molecule has 2 aliphatic heterocycles. The molecule has 0 radical (unpaired) electrons. The van der Waals surface area contributed by atoms with E-state index in [4.69, 9.17) is 4.52 Å². The second kappa shape index (κ2) is 6.55. The molecule has 2 atom stereocenters. The molecule has 2 amide bonds. The number of fused-ring (bicyclic) bond motifs is 2. The van der Waals surface area contributed by atoms with Gasteiger partial charge in [-0.25, -0.2) is 0 Å². The quantitative estimate of drug-likeness (QED) is 0.723. The third-order valence-electron chi connectivity index (χ3n) is 6.20. The number of carbonyl (C=O) groups excluding carboxylic acids is 2. The fourth-order valence-electron chi connectivity index (χ4n) is 4.76. The Bertz CT molecular complexity index is 1150. The van der Waals surface area contributed by atoms with Gasteiger partial charge in [0.25, 0.3) is 5.91 Å². The highest BCUT2D eigenvalue weighted by atomic mass is 16.5. The van der Waals surface area contributed by atoms with Crippen LogP contribution < -0.4 is 5.32 Å². The monoisotopic (exact) mass is 405 g/mol. The first kappa shape index (κ1) is 18.6. The third-order valence-corrected chi connectivity index (χ3v) is 6.20. The van der Waals surface area contributed by atoms with Gasteiger partial charge in [0, 0.05) is 43.0 Å². The van der Waals surface area contributed by atoms with E-state index in [1.807, 2.05) is 51.4 Å². The van der Waals surface area contributed by atoms with Crippen LogP contribution in [0, 0.1) is 0 Å². The van der Waals surface area contributed by atoms with Crippen molar-refractivity contribution in [1.29, 1.82) is 0 Å². The van der Waals surface area contributed by atoms with E-state index in [0.717, 1.165) is 16.8 Å². The number of hydrogen-bond acceptors (Lipinski definition) is 5. The Morgan fingerprint density at radius 3 is 2.83 bits per heavy atom. The molecular weight excluding hydrogens is 382 g/mol. The Hall–Kier alpha value is -3.42. The van der Waals surface area contributed by atoms with Crippen molar-refractivity contribution in [3.8, 4) is 0 Å². The van der Waals surface area contributed by atoms with Crippen molar-refractivity contribution >= 4 is 17.5 Å². The lowest BCUT2D eigenvalue weighted by atomic mass is 9.73. The van der Waals surface area contributed by atoms with Crippen LogP contribution in [0.25, 0.3) is 0 Å². The van der Waals surface area contributed by atoms with Crippen molar-refractivity contribution in [3.63, 3.8) is 0 Å². The molecule has 1 fully saturated rings. The molecule has 8 heteroatoms. The number of hydrogen-bond donors (Lipinski definition) is 1. The number of nitrogens with one attached hydrogen (secondary N) is 1. The molecule has 0 bridgehead atoms. The van der Waals surface area contributed by atoms with Crippen LogP contribution in [0.1, 0.15) is 59.6 Å². The molecule has 0 saturated carbocycles. The number of nitrogens with zero attached hydrogens (tertiary/aromatic N) is 4. The summed E-state index contributed by atoms with van der Waals surface area (Å²) in [7, 11) is 1.83. The molecule has 30 heavy (non-hydrogen) atoms. The van der Waals surface area contributed by atoms with E-state index in [1.165, 1.54) is 0 Å². The van der Waals surface area contributed by atoms with Gasteiger partial charge in [0.1, 0.15) is 11.2 Å². The maximum Gasteiger partial charge on any atom is 0.276 e. The molecule has 2 aromatic heterocycles. The van der Waals surface area contributed by atoms with Gasteiger partial charge in [0.05, 0.1) is 12.2 Å². The fourth-order valence-corrected chi connectivity index (χ4v) is 4.76. The second-order valence-corrected chi connectivity index (χ2v) is 8.34. The molecule has 5 rings (SSSR count). The molecular formula is C22H23N5O3. The number of likely N-dealkylation sites (tertiary alicyclic amines) is 1. The molecule has 1 N–H and O–H groups in total. The van der Waals surface area contributed by atoms with Crippen molar-refractivity contribution in [2.75, 3.05) is 11.9 Å². The molecule has 3 aromatic rings. The van der Waals surface area contributed by atoms with Crippen LogP contribution >= 0.6 is 0 Å². The lowest BCUT2D eigenvalue weighted by molar-refractivity contribution is -0.121. The molecule has 154 valence electrons. The maximum absolute atomic E-state index is 13.5. The Morgan fingerprint density at radius 2 is 2.13 bits per heavy atom. The van der Waals surface area contributed by atoms with Gasteiger partial charge in [-0.05, 0) is 18.1 Å². The first-order chi connectivity index (χ1) is 14.4. The van der Waals surface area contributed by atoms with Gasteiger partial charge in [-0.2, -0.15) is 5.10 Å². The van der Waals surface area contributed by atoms with Gasteiger partial charge in [-0.15, -0.1) is 0 Å². The average Bonchev–Trinajstić information content (AvgIpc) is 3.49. The first-order valence-corrected chi connectivity index (χ1v) is 10.1. The molecule has 1 aromatic carbocycles. The van der Waals surface area contributed by atoms with Crippen molar-refractivity contribution in [2.45, 2.75) is 37.6 Å². The molecule has 1 spiro atoms. The summed E-state index contributed by atoms with van der Waals surface area (Å²) in [4.78, 5) is 28.5. The van der Waals surface area contributed by atoms with E-state index in [9.17, 15) is 9.59 Å². The molecule has 0 aliphatic carbocycles. The average molecular weight is 405 g/mol. The Labute approximate surface area is 173 Å². The Morgan fingerprint density at radius 1 is 1.33 bits per heavy atom. The number of carbonyl (C=O) groups is 2. The van der Waals surface area contributed by atoms with E-state index < -0.39 is 11.5 Å². The van der Waals surface area contributed by atoms with Gasteiger partial charge in [-0.1, -0.05) is 37.2 Å². The van der Waals surface area contributed by atoms with Gasteiger partial charge in [0.2, 0.25) is 5.91 Å². The number of aromatic nitrogens is 3. The first-order valence-electron chi connectivity index (χ1n) is 10.1. The van der Waals surface area contributed by atoms with Crippen molar-refractivity contribution in [3.05, 3.63) is 65.3 Å². The van der Waals surface area contributed by atoms with E-state index in [-0.39, 0.29) is 23.4 Å². The molecule has 1 saturated heterocycles. The highest BCUT2D eigenvalue weighted by Crippen LogP contribution is 2.54. The lowest BCUT2D eigenvalue weighted by Gasteiger charge is -2.33. The standard InChI is InChI=1S/C22H23N5O3/c1-13(2)18-10-17(25-30-18)20(28)27-9-8-22(19(27)14-11-23-26(3)12-14)15-6-4-5-7-16(15)24-21(22)29/h4-7,10-13,19H,8-9H2,1-3H3,(H,24,29). The largest absolute Gasteiger partial charge is 0.360 e. The van der Waals surface area contributed by atoms with Crippen LogP contribution in [0.5, 0.6) is 0 Å². The van der Waals surface area contributed by atoms with E-state index in [1.54, 1.807) is 21.8 Å². The molecule has 8 nitrogen and oxygen atoms in total. The molecule has 2 unspecified atom stereocenters. The summed E-state index contributed by atoms with van der Waals surface area (Å²) in [6.07, 6.45) is 4.12. The molecule has 2 aliphatic rings. The number of para-hydroxylation sites is 1. The summed E-state index contributed by atoms with van der Waals surface area (Å²) in [6.45, 7) is 4.40. The number of benzene rings is 1. The zero-order valence-electron chi connectivity index (χ0n) is 17.1. The zero-order chi connectivity index (χ0) is 21.0. The van der Waals surface area contributed by atoms with Gasteiger partial charge < -0.3 is 14.7 Å². The van der Waals surface area contributed by atoms with Crippen LogP contribution in [0.2, 0.25) is 0 Å². The maximum atomic E-state index is 13.5. The second-order valence-electron chi connectivity index (χ2n) is 8.34. The van der Waals surface area contributed by atoms with Crippen molar-refractivity contribution in [2.24, 2.45) is 7.05 Å². The number of anilines is 1. The third kappa shape index (κ3) is 2.52. The number of aryl methyl sites for hydroxylation is 1.